The zero-order chi connectivity index (χ0) is 22.0. The minimum Gasteiger partial charge on any atom is -0.268 e. The molecule has 0 radical (unpaired) electrons. The number of anilines is 1. The SMILES string of the molecule is O=C1C(SCc2ccccc2)=C(c2ccccc2)C(=O)N1c1cccc(C(F)(F)F)c1. The summed E-state index contributed by atoms with van der Waals surface area (Å²) in [6, 6.07) is 22.4. The van der Waals surface area contributed by atoms with E-state index in [0.29, 0.717) is 11.3 Å². The zero-order valence-corrected chi connectivity index (χ0v) is 16.9. The molecule has 0 saturated heterocycles. The number of rotatable bonds is 5. The van der Waals surface area contributed by atoms with Gasteiger partial charge in [0, 0.05) is 5.75 Å². The Kier molecular flexibility index (Phi) is 5.69. The number of thioether (sulfide) groups is 1. The van der Waals surface area contributed by atoms with Gasteiger partial charge in [0.1, 0.15) is 0 Å². The fourth-order valence-corrected chi connectivity index (χ4v) is 4.36. The topological polar surface area (TPSA) is 37.4 Å². The normalized spacial score (nSPS) is 14.5. The molecule has 1 aliphatic heterocycles. The largest absolute Gasteiger partial charge is 0.416 e. The van der Waals surface area contributed by atoms with Gasteiger partial charge < -0.3 is 0 Å². The minimum absolute atomic E-state index is 0.103. The van der Waals surface area contributed by atoms with Gasteiger partial charge in [0.25, 0.3) is 11.8 Å². The fraction of sp³-hybridized carbons (Fsp3) is 0.0833. The van der Waals surface area contributed by atoms with E-state index in [-0.39, 0.29) is 16.2 Å². The predicted octanol–water partition coefficient (Wildman–Crippen LogP) is 5.92. The lowest BCUT2D eigenvalue weighted by atomic mass is 10.1. The fourth-order valence-electron chi connectivity index (χ4n) is 3.29. The van der Waals surface area contributed by atoms with Crippen LogP contribution in [0.25, 0.3) is 5.57 Å². The van der Waals surface area contributed by atoms with Crippen molar-refractivity contribution in [1.82, 2.24) is 0 Å². The van der Waals surface area contributed by atoms with Crippen molar-refractivity contribution < 1.29 is 22.8 Å². The van der Waals surface area contributed by atoms with Crippen molar-refractivity contribution in [2.45, 2.75) is 11.9 Å². The Hall–Kier alpha value is -3.32. The van der Waals surface area contributed by atoms with Crippen molar-refractivity contribution in [3.63, 3.8) is 0 Å². The quantitative estimate of drug-likeness (QED) is 0.463. The highest BCUT2D eigenvalue weighted by molar-refractivity contribution is 8.03. The van der Waals surface area contributed by atoms with Crippen LogP contribution in [0.1, 0.15) is 16.7 Å². The molecule has 7 heteroatoms. The van der Waals surface area contributed by atoms with Crippen LogP contribution in [0.2, 0.25) is 0 Å². The molecule has 4 rings (SSSR count). The van der Waals surface area contributed by atoms with E-state index < -0.39 is 23.6 Å². The first-order valence-electron chi connectivity index (χ1n) is 9.39. The van der Waals surface area contributed by atoms with Gasteiger partial charge in [0.2, 0.25) is 0 Å². The molecule has 0 unspecified atom stereocenters. The zero-order valence-electron chi connectivity index (χ0n) is 16.1. The highest BCUT2D eigenvalue weighted by Gasteiger charge is 2.41. The molecule has 1 heterocycles. The van der Waals surface area contributed by atoms with E-state index in [1.807, 2.05) is 30.3 Å². The number of hydrogen-bond donors (Lipinski definition) is 0. The summed E-state index contributed by atoms with van der Waals surface area (Å²) in [6.07, 6.45) is -4.58. The second-order valence-electron chi connectivity index (χ2n) is 6.84. The summed E-state index contributed by atoms with van der Waals surface area (Å²) in [7, 11) is 0. The lowest BCUT2D eigenvalue weighted by Crippen LogP contribution is -2.31. The van der Waals surface area contributed by atoms with E-state index in [1.54, 1.807) is 30.3 Å². The third-order valence-electron chi connectivity index (χ3n) is 4.76. The number of imide groups is 1. The Balaban J connectivity index is 1.74. The highest BCUT2D eigenvalue weighted by atomic mass is 32.2. The van der Waals surface area contributed by atoms with Gasteiger partial charge >= 0.3 is 6.18 Å². The van der Waals surface area contributed by atoms with Crippen LogP contribution in [-0.4, -0.2) is 11.8 Å². The van der Waals surface area contributed by atoms with Crippen molar-refractivity contribution in [1.29, 1.82) is 0 Å². The molecule has 3 nitrogen and oxygen atoms in total. The number of carbonyl (C=O) groups is 2. The molecule has 3 aromatic rings. The van der Waals surface area contributed by atoms with Crippen LogP contribution >= 0.6 is 11.8 Å². The number of nitrogens with zero attached hydrogens (tertiary/aromatic N) is 1. The van der Waals surface area contributed by atoms with E-state index in [4.69, 9.17) is 0 Å². The van der Waals surface area contributed by atoms with E-state index in [0.717, 1.165) is 22.6 Å². The van der Waals surface area contributed by atoms with Crippen LogP contribution in [-0.2, 0) is 21.5 Å². The Bertz CT molecular complexity index is 1160. The van der Waals surface area contributed by atoms with E-state index in [2.05, 4.69) is 0 Å². The molecule has 1 aliphatic rings. The summed E-state index contributed by atoms with van der Waals surface area (Å²) in [5.74, 6) is -0.808. The highest BCUT2D eigenvalue weighted by Crippen LogP contribution is 2.40. The van der Waals surface area contributed by atoms with Crippen LogP contribution in [0.4, 0.5) is 18.9 Å². The van der Waals surface area contributed by atoms with Gasteiger partial charge in [-0.15, -0.1) is 11.8 Å². The number of benzene rings is 3. The molecule has 2 amide bonds. The minimum atomic E-state index is -4.58. The molecule has 0 bridgehead atoms. The number of amides is 2. The summed E-state index contributed by atoms with van der Waals surface area (Å²) in [5.41, 5.74) is 0.686. The van der Waals surface area contributed by atoms with Crippen LogP contribution in [0.15, 0.2) is 89.8 Å². The average Bonchev–Trinajstić information content (AvgIpc) is 3.02. The lowest BCUT2D eigenvalue weighted by molar-refractivity contribution is -0.137. The molecule has 3 aromatic carbocycles. The lowest BCUT2D eigenvalue weighted by Gasteiger charge is -2.17. The summed E-state index contributed by atoms with van der Waals surface area (Å²) >= 11 is 1.21. The van der Waals surface area contributed by atoms with Gasteiger partial charge in [-0.25, -0.2) is 4.90 Å². The van der Waals surface area contributed by atoms with Crippen molar-refractivity contribution in [3.8, 4) is 0 Å². The van der Waals surface area contributed by atoms with E-state index >= 15 is 0 Å². The maximum Gasteiger partial charge on any atom is 0.416 e. The first-order chi connectivity index (χ1) is 14.9. The molecule has 0 saturated carbocycles. The standard InChI is InChI=1S/C24H16F3NO2S/c25-24(26,27)18-12-7-13-19(14-18)28-22(29)20(17-10-5-2-6-11-17)21(23(28)30)31-15-16-8-3-1-4-9-16/h1-14H,15H2. The summed E-state index contributed by atoms with van der Waals surface area (Å²) < 4.78 is 39.5. The van der Waals surface area contributed by atoms with Crippen LogP contribution in [0, 0.1) is 0 Å². The Morgan fingerprint density at radius 1 is 0.774 bits per heavy atom. The van der Waals surface area contributed by atoms with E-state index in [9.17, 15) is 22.8 Å². The van der Waals surface area contributed by atoms with Crippen molar-refractivity contribution in [2.75, 3.05) is 4.90 Å². The summed E-state index contributed by atoms with van der Waals surface area (Å²) in [5, 5.41) is 0. The predicted molar refractivity (Wildman–Crippen MR) is 115 cm³/mol. The molecule has 0 atom stereocenters. The van der Waals surface area contributed by atoms with Crippen LogP contribution in [0.3, 0.4) is 0 Å². The van der Waals surface area contributed by atoms with Crippen molar-refractivity contribution in [2.24, 2.45) is 0 Å². The molecular weight excluding hydrogens is 423 g/mol. The smallest absolute Gasteiger partial charge is 0.268 e. The first kappa shape index (κ1) is 20.9. The van der Waals surface area contributed by atoms with E-state index in [1.165, 1.54) is 23.9 Å². The molecule has 0 spiro atoms. The first-order valence-corrected chi connectivity index (χ1v) is 10.4. The second kappa shape index (κ2) is 8.43. The third-order valence-corrected chi connectivity index (χ3v) is 5.91. The molecular formula is C24H16F3NO2S. The Morgan fingerprint density at radius 2 is 1.42 bits per heavy atom. The summed E-state index contributed by atoms with van der Waals surface area (Å²) in [6.45, 7) is 0. The molecule has 0 N–H and O–H groups in total. The van der Waals surface area contributed by atoms with Gasteiger partial charge in [-0.3, -0.25) is 9.59 Å². The molecule has 0 fully saturated rings. The molecule has 0 aliphatic carbocycles. The molecule has 31 heavy (non-hydrogen) atoms. The van der Waals surface area contributed by atoms with Gasteiger partial charge in [-0.05, 0) is 29.3 Å². The van der Waals surface area contributed by atoms with Crippen molar-refractivity contribution >= 4 is 34.8 Å². The molecule has 156 valence electrons. The number of carbonyl (C=O) groups excluding carboxylic acids is 2. The second-order valence-corrected chi connectivity index (χ2v) is 7.82. The number of halogens is 3. The van der Waals surface area contributed by atoms with Gasteiger partial charge in [-0.1, -0.05) is 66.7 Å². The molecule has 0 aromatic heterocycles. The van der Waals surface area contributed by atoms with Crippen LogP contribution in [0.5, 0.6) is 0 Å². The average molecular weight is 439 g/mol. The van der Waals surface area contributed by atoms with Gasteiger partial charge in [0.15, 0.2) is 0 Å². The van der Waals surface area contributed by atoms with Gasteiger partial charge in [-0.2, -0.15) is 13.2 Å². The summed E-state index contributed by atoms with van der Waals surface area (Å²) in [4.78, 5) is 27.5. The number of hydrogen-bond acceptors (Lipinski definition) is 3. The van der Waals surface area contributed by atoms with Gasteiger partial charge in [0.05, 0.1) is 21.7 Å². The Morgan fingerprint density at radius 3 is 2.06 bits per heavy atom. The third kappa shape index (κ3) is 4.27. The monoisotopic (exact) mass is 439 g/mol. The Labute approximate surface area is 181 Å². The number of alkyl halides is 3. The maximum atomic E-state index is 13.3. The van der Waals surface area contributed by atoms with Crippen molar-refractivity contribution in [3.05, 3.63) is 107 Å². The van der Waals surface area contributed by atoms with Crippen LogP contribution < -0.4 is 4.90 Å². The maximum absolute atomic E-state index is 13.3.